The maximum atomic E-state index is 13.1. The number of carbonyl (C=O) groups excluding carboxylic acids is 1. The zero-order valence-electron chi connectivity index (χ0n) is 14.6. The van der Waals surface area contributed by atoms with Crippen LogP contribution in [0.15, 0.2) is 53.4 Å². The number of hydrogen-bond acceptors (Lipinski definition) is 5. The number of rotatable bonds is 4. The molecule has 27 heavy (non-hydrogen) atoms. The molecular formula is C19H17FN4O2S. The van der Waals surface area contributed by atoms with Crippen LogP contribution < -0.4 is 5.32 Å². The Morgan fingerprint density at radius 1 is 1.22 bits per heavy atom. The molecule has 2 aromatic carbocycles. The second kappa shape index (κ2) is 7.50. The highest BCUT2D eigenvalue weighted by atomic mass is 32.2. The first kappa shape index (κ1) is 17.7. The number of amides is 1. The molecule has 138 valence electrons. The first-order valence-electron chi connectivity index (χ1n) is 8.39. The van der Waals surface area contributed by atoms with Gasteiger partial charge in [0.05, 0.1) is 18.8 Å². The van der Waals surface area contributed by atoms with Crippen LogP contribution >= 0.6 is 11.8 Å². The number of hydrogen-bond donors (Lipinski definition) is 1. The fraction of sp³-hybridized carbons (Fsp3) is 0.211. The molecule has 1 aliphatic rings. The molecule has 0 fully saturated rings. The first-order chi connectivity index (χ1) is 13.1. The van der Waals surface area contributed by atoms with Crippen molar-refractivity contribution in [1.82, 2.24) is 15.0 Å². The monoisotopic (exact) mass is 384 g/mol. The van der Waals surface area contributed by atoms with E-state index in [9.17, 15) is 9.18 Å². The van der Waals surface area contributed by atoms with Gasteiger partial charge in [-0.1, -0.05) is 17.3 Å². The van der Waals surface area contributed by atoms with Crippen LogP contribution in [0.3, 0.4) is 0 Å². The van der Waals surface area contributed by atoms with E-state index in [-0.39, 0.29) is 30.1 Å². The zero-order chi connectivity index (χ0) is 18.8. The van der Waals surface area contributed by atoms with Crippen LogP contribution in [0.2, 0.25) is 0 Å². The van der Waals surface area contributed by atoms with Gasteiger partial charge >= 0.3 is 0 Å². The number of anilines is 1. The van der Waals surface area contributed by atoms with Crippen LogP contribution in [0, 0.1) is 5.82 Å². The molecule has 1 aromatic heterocycles. The Morgan fingerprint density at radius 3 is 2.67 bits per heavy atom. The number of aromatic nitrogens is 3. The predicted molar refractivity (Wildman–Crippen MR) is 100 cm³/mol. The molecule has 4 rings (SSSR count). The van der Waals surface area contributed by atoms with Gasteiger partial charge in [-0.15, -0.1) is 16.9 Å². The summed E-state index contributed by atoms with van der Waals surface area (Å²) in [6.07, 6.45) is 1.74. The van der Waals surface area contributed by atoms with Crippen molar-refractivity contribution in [2.75, 3.05) is 11.6 Å². The Bertz CT molecular complexity index is 957. The number of carbonyl (C=O) groups is 1. The standard InChI is InChI=1S/C19H17FN4O2S/c1-27-15-8-6-14(7-9-15)21-19(25)18-16-11-26-17(10-24(16)23-22-18)12-2-4-13(20)5-3-12/h2-9,17H,10-11H2,1H3,(H,21,25). The molecule has 0 radical (unpaired) electrons. The van der Waals surface area contributed by atoms with Crippen molar-refractivity contribution >= 4 is 23.4 Å². The van der Waals surface area contributed by atoms with Crippen molar-refractivity contribution in [3.8, 4) is 0 Å². The molecular weight excluding hydrogens is 367 g/mol. The van der Waals surface area contributed by atoms with Gasteiger partial charge in [0.1, 0.15) is 11.9 Å². The highest BCUT2D eigenvalue weighted by molar-refractivity contribution is 7.98. The molecule has 0 saturated carbocycles. The minimum absolute atomic E-state index is 0.212. The van der Waals surface area contributed by atoms with Gasteiger partial charge in [-0.3, -0.25) is 4.79 Å². The molecule has 0 aliphatic carbocycles. The summed E-state index contributed by atoms with van der Waals surface area (Å²) in [4.78, 5) is 13.7. The van der Waals surface area contributed by atoms with Crippen LogP contribution in [0.1, 0.15) is 27.8 Å². The quantitative estimate of drug-likeness (QED) is 0.695. The van der Waals surface area contributed by atoms with E-state index >= 15 is 0 Å². The van der Waals surface area contributed by atoms with E-state index in [1.807, 2.05) is 30.5 Å². The van der Waals surface area contributed by atoms with Crippen molar-refractivity contribution in [2.45, 2.75) is 24.2 Å². The van der Waals surface area contributed by atoms with Gasteiger partial charge in [0.2, 0.25) is 0 Å². The van der Waals surface area contributed by atoms with E-state index in [2.05, 4.69) is 15.6 Å². The number of nitrogens with one attached hydrogen (secondary N) is 1. The first-order valence-corrected chi connectivity index (χ1v) is 9.61. The Labute approximate surface area is 159 Å². The van der Waals surface area contributed by atoms with Gasteiger partial charge < -0.3 is 10.1 Å². The molecule has 3 aromatic rings. The average molecular weight is 384 g/mol. The Hall–Kier alpha value is -2.71. The third-order valence-electron chi connectivity index (χ3n) is 4.40. The fourth-order valence-electron chi connectivity index (χ4n) is 2.93. The van der Waals surface area contributed by atoms with E-state index in [0.717, 1.165) is 10.5 Å². The van der Waals surface area contributed by atoms with Crippen LogP contribution in [0.4, 0.5) is 10.1 Å². The maximum Gasteiger partial charge on any atom is 0.278 e. The molecule has 2 heterocycles. The third kappa shape index (κ3) is 3.72. The lowest BCUT2D eigenvalue weighted by atomic mass is 10.1. The van der Waals surface area contributed by atoms with E-state index in [1.54, 1.807) is 28.6 Å². The molecule has 1 amide bonds. The van der Waals surface area contributed by atoms with Crippen molar-refractivity contribution in [3.63, 3.8) is 0 Å². The molecule has 8 heteroatoms. The summed E-state index contributed by atoms with van der Waals surface area (Å²) in [5.74, 6) is -0.613. The minimum Gasteiger partial charge on any atom is -0.365 e. The number of halogens is 1. The van der Waals surface area contributed by atoms with E-state index < -0.39 is 0 Å². The largest absolute Gasteiger partial charge is 0.365 e. The molecule has 0 spiro atoms. The van der Waals surface area contributed by atoms with E-state index in [4.69, 9.17) is 4.74 Å². The van der Waals surface area contributed by atoms with Crippen LogP contribution in [0.5, 0.6) is 0 Å². The number of ether oxygens (including phenoxy) is 1. The van der Waals surface area contributed by atoms with Crippen molar-refractivity contribution < 1.29 is 13.9 Å². The van der Waals surface area contributed by atoms with Gasteiger partial charge in [-0.05, 0) is 48.2 Å². The molecule has 1 atom stereocenters. The Morgan fingerprint density at radius 2 is 1.96 bits per heavy atom. The highest BCUT2D eigenvalue weighted by Crippen LogP contribution is 2.27. The molecule has 1 aliphatic heterocycles. The summed E-state index contributed by atoms with van der Waals surface area (Å²) in [6.45, 7) is 0.632. The molecule has 1 N–H and O–H groups in total. The van der Waals surface area contributed by atoms with Gasteiger partial charge in [0.25, 0.3) is 5.91 Å². The smallest absolute Gasteiger partial charge is 0.278 e. The maximum absolute atomic E-state index is 13.1. The van der Waals surface area contributed by atoms with Crippen LogP contribution in [-0.4, -0.2) is 27.2 Å². The second-order valence-electron chi connectivity index (χ2n) is 6.10. The van der Waals surface area contributed by atoms with Crippen molar-refractivity contribution in [2.24, 2.45) is 0 Å². The SMILES string of the molecule is CSc1ccc(NC(=O)c2nnn3c2COC(c2ccc(F)cc2)C3)cc1. The highest BCUT2D eigenvalue weighted by Gasteiger charge is 2.27. The third-order valence-corrected chi connectivity index (χ3v) is 5.15. The lowest BCUT2D eigenvalue weighted by molar-refractivity contribution is -0.00174. The number of nitrogens with zero attached hydrogens (tertiary/aromatic N) is 3. The van der Waals surface area contributed by atoms with Gasteiger partial charge in [0, 0.05) is 10.6 Å². The zero-order valence-corrected chi connectivity index (χ0v) is 15.4. The normalized spacial score (nSPS) is 16.0. The topological polar surface area (TPSA) is 69.0 Å². The van der Waals surface area contributed by atoms with Gasteiger partial charge in [-0.25, -0.2) is 9.07 Å². The minimum atomic E-state index is -0.322. The lowest BCUT2D eigenvalue weighted by Crippen LogP contribution is -2.24. The summed E-state index contributed by atoms with van der Waals surface area (Å²) < 4.78 is 20.6. The van der Waals surface area contributed by atoms with E-state index in [0.29, 0.717) is 17.9 Å². The average Bonchev–Trinajstić information content (AvgIpc) is 3.12. The predicted octanol–water partition coefficient (Wildman–Crippen LogP) is 3.66. The molecule has 6 nitrogen and oxygen atoms in total. The number of thioether (sulfide) groups is 1. The Kier molecular flexibility index (Phi) is 4.91. The van der Waals surface area contributed by atoms with Gasteiger partial charge in [-0.2, -0.15) is 0 Å². The van der Waals surface area contributed by atoms with Crippen molar-refractivity contribution in [1.29, 1.82) is 0 Å². The summed E-state index contributed by atoms with van der Waals surface area (Å²) in [7, 11) is 0. The fourth-order valence-corrected chi connectivity index (χ4v) is 3.34. The molecule has 0 saturated heterocycles. The summed E-state index contributed by atoms with van der Waals surface area (Å²) in [5, 5.41) is 10.9. The van der Waals surface area contributed by atoms with Crippen molar-refractivity contribution in [3.05, 3.63) is 71.3 Å². The number of fused-ring (bicyclic) bond motifs is 1. The van der Waals surface area contributed by atoms with Crippen LogP contribution in [0.25, 0.3) is 0 Å². The molecule has 0 bridgehead atoms. The lowest BCUT2D eigenvalue weighted by Gasteiger charge is -2.24. The van der Waals surface area contributed by atoms with E-state index in [1.165, 1.54) is 12.1 Å². The summed E-state index contributed by atoms with van der Waals surface area (Å²) in [5.41, 5.74) is 2.44. The second-order valence-corrected chi connectivity index (χ2v) is 6.98. The van der Waals surface area contributed by atoms with Gasteiger partial charge in [0.15, 0.2) is 5.69 Å². The molecule has 1 unspecified atom stereocenters. The van der Waals surface area contributed by atoms with Crippen LogP contribution in [-0.2, 0) is 17.9 Å². The number of benzene rings is 2. The summed E-state index contributed by atoms with van der Waals surface area (Å²) >= 11 is 1.64. The summed E-state index contributed by atoms with van der Waals surface area (Å²) in [6, 6.07) is 13.8. The Balaban J connectivity index is 1.48.